The number of hydrogen-bond donors (Lipinski definition) is 1. The number of aromatic nitrogens is 3. The number of hydrogen-bond acceptors (Lipinski definition) is 4. The second-order valence-electron chi connectivity index (χ2n) is 5.29. The number of para-hydroxylation sites is 1. The molecule has 0 bridgehead atoms. The third-order valence-corrected chi connectivity index (χ3v) is 3.82. The van der Waals surface area contributed by atoms with Gasteiger partial charge in [0, 0.05) is 31.7 Å². The maximum absolute atomic E-state index is 5.42. The average Bonchev–Trinajstić information content (AvgIpc) is 2.81. The summed E-state index contributed by atoms with van der Waals surface area (Å²) in [7, 11) is 3.57. The van der Waals surface area contributed by atoms with E-state index in [9.17, 15) is 0 Å². The van der Waals surface area contributed by atoms with E-state index in [0.29, 0.717) is 6.54 Å². The maximum Gasteiger partial charge on any atom is 0.216 e. The van der Waals surface area contributed by atoms with E-state index in [1.807, 2.05) is 26.2 Å². The lowest BCUT2D eigenvalue weighted by Gasteiger charge is -2.09. The van der Waals surface area contributed by atoms with Crippen molar-refractivity contribution in [3.63, 3.8) is 0 Å². The Bertz CT molecular complexity index is 789. The second-order valence-corrected chi connectivity index (χ2v) is 5.29. The minimum Gasteiger partial charge on any atom is -0.481 e. The van der Waals surface area contributed by atoms with Crippen molar-refractivity contribution in [2.75, 3.05) is 7.11 Å². The zero-order chi connectivity index (χ0) is 15.5. The third kappa shape index (κ3) is 2.67. The average molecular weight is 296 g/mol. The van der Waals surface area contributed by atoms with Gasteiger partial charge in [0.1, 0.15) is 0 Å². The molecule has 0 fully saturated rings. The molecule has 1 aromatic carbocycles. The number of pyridine rings is 1. The van der Waals surface area contributed by atoms with Gasteiger partial charge in [-0.15, -0.1) is 0 Å². The zero-order valence-corrected chi connectivity index (χ0v) is 13.1. The van der Waals surface area contributed by atoms with Crippen molar-refractivity contribution in [2.24, 2.45) is 7.05 Å². The number of aryl methyl sites for hydroxylation is 2. The van der Waals surface area contributed by atoms with Gasteiger partial charge < -0.3 is 10.1 Å². The van der Waals surface area contributed by atoms with Crippen molar-refractivity contribution in [2.45, 2.75) is 20.0 Å². The SMILES string of the molecule is COc1c(CNCc2cccc3cccnc23)c(C)nn1C. The van der Waals surface area contributed by atoms with Gasteiger partial charge in [-0.05, 0) is 18.6 Å². The summed E-state index contributed by atoms with van der Waals surface area (Å²) >= 11 is 0. The Balaban J connectivity index is 1.76. The van der Waals surface area contributed by atoms with Crippen molar-refractivity contribution in [3.8, 4) is 5.88 Å². The van der Waals surface area contributed by atoms with E-state index in [2.05, 4.69) is 39.7 Å². The molecule has 0 atom stereocenters. The molecule has 5 nitrogen and oxygen atoms in total. The van der Waals surface area contributed by atoms with Crippen LogP contribution in [0, 0.1) is 6.92 Å². The summed E-state index contributed by atoms with van der Waals surface area (Å²) in [5.41, 5.74) is 4.33. The lowest BCUT2D eigenvalue weighted by molar-refractivity contribution is 0.368. The van der Waals surface area contributed by atoms with E-state index < -0.39 is 0 Å². The van der Waals surface area contributed by atoms with Gasteiger partial charge in [0.25, 0.3) is 0 Å². The smallest absolute Gasteiger partial charge is 0.216 e. The molecule has 3 aromatic rings. The van der Waals surface area contributed by atoms with E-state index in [1.165, 1.54) is 5.56 Å². The van der Waals surface area contributed by atoms with Crippen LogP contribution >= 0.6 is 0 Å². The summed E-state index contributed by atoms with van der Waals surface area (Å²) in [5.74, 6) is 0.807. The summed E-state index contributed by atoms with van der Waals surface area (Å²) in [6.07, 6.45) is 1.83. The fourth-order valence-corrected chi connectivity index (χ4v) is 2.77. The van der Waals surface area contributed by atoms with Gasteiger partial charge in [-0.3, -0.25) is 4.98 Å². The molecular weight excluding hydrogens is 276 g/mol. The van der Waals surface area contributed by atoms with Crippen molar-refractivity contribution in [1.29, 1.82) is 0 Å². The van der Waals surface area contributed by atoms with Gasteiger partial charge >= 0.3 is 0 Å². The number of rotatable bonds is 5. The van der Waals surface area contributed by atoms with Crippen LogP contribution in [-0.4, -0.2) is 21.9 Å². The molecular formula is C17H20N4O. The molecule has 0 aliphatic rings. The number of nitrogens with zero attached hydrogens (tertiary/aromatic N) is 3. The monoisotopic (exact) mass is 296 g/mol. The first-order valence-corrected chi connectivity index (χ1v) is 7.30. The lowest BCUT2D eigenvalue weighted by Crippen LogP contribution is -2.14. The molecule has 0 spiro atoms. The molecule has 2 aromatic heterocycles. The molecule has 0 radical (unpaired) electrons. The van der Waals surface area contributed by atoms with Gasteiger partial charge in [-0.1, -0.05) is 24.3 Å². The molecule has 5 heteroatoms. The van der Waals surface area contributed by atoms with Gasteiger partial charge in [0.2, 0.25) is 5.88 Å². The van der Waals surface area contributed by atoms with Crippen LogP contribution in [0.5, 0.6) is 5.88 Å². The first-order chi connectivity index (χ1) is 10.7. The Morgan fingerprint density at radius 3 is 2.82 bits per heavy atom. The highest BCUT2D eigenvalue weighted by Crippen LogP contribution is 2.21. The highest BCUT2D eigenvalue weighted by atomic mass is 16.5. The van der Waals surface area contributed by atoms with Crippen LogP contribution in [0.3, 0.4) is 0 Å². The standard InChI is InChI=1S/C17H20N4O/c1-12-15(17(22-3)21(2)20-12)11-18-10-14-7-4-6-13-8-5-9-19-16(13)14/h4-9,18H,10-11H2,1-3H3. The number of ether oxygens (including phenoxy) is 1. The van der Waals surface area contributed by atoms with Crippen LogP contribution in [0.15, 0.2) is 36.5 Å². The Hall–Kier alpha value is -2.40. The maximum atomic E-state index is 5.42. The Kier molecular flexibility index (Phi) is 4.06. The van der Waals surface area contributed by atoms with E-state index in [-0.39, 0.29) is 0 Å². The van der Waals surface area contributed by atoms with Crippen molar-refractivity contribution in [3.05, 3.63) is 53.3 Å². The molecule has 0 saturated heterocycles. The van der Waals surface area contributed by atoms with E-state index in [0.717, 1.165) is 34.6 Å². The minimum atomic E-state index is 0.714. The van der Waals surface area contributed by atoms with Crippen LogP contribution < -0.4 is 10.1 Å². The third-order valence-electron chi connectivity index (χ3n) is 3.82. The van der Waals surface area contributed by atoms with Crippen LogP contribution in [0.4, 0.5) is 0 Å². The molecule has 0 unspecified atom stereocenters. The molecule has 0 aliphatic carbocycles. The highest BCUT2D eigenvalue weighted by molar-refractivity contribution is 5.81. The number of fused-ring (bicyclic) bond motifs is 1. The zero-order valence-electron chi connectivity index (χ0n) is 13.1. The summed E-state index contributed by atoms with van der Waals surface area (Å²) in [6, 6.07) is 10.3. The predicted octanol–water partition coefficient (Wildman–Crippen LogP) is 2.58. The van der Waals surface area contributed by atoms with Crippen LogP contribution in [0.1, 0.15) is 16.8 Å². The topological polar surface area (TPSA) is 52.0 Å². The number of nitrogens with one attached hydrogen (secondary N) is 1. The quantitative estimate of drug-likeness (QED) is 0.786. The first-order valence-electron chi connectivity index (χ1n) is 7.30. The van der Waals surface area contributed by atoms with E-state index in [4.69, 9.17) is 4.74 Å². The summed E-state index contributed by atoms with van der Waals surface area (Å²) in [4.78, 5) is 4.48. The Labute approximate surface area is 129 Å². The minimum absolute atomic E-state index is 0.714. The Morgan fingerprint density at radius 1 is 1.18 bits per heavy atom. The van der Waals surface area contributed by atoms with Crippen LogP contribution in [-0.2, 0) is 20.1 Å². The second kappa shape index (κ2) is 6.15. The highest BCUT2D eigenvalue weighted by Gasteiger charge is 2.13. The van der Waals surface area contributed by atoms with Crippen LogP contribution in [0.2, 0.25) is 0 Å². The Morgan fingerprint density at radius 2 is 2.00 bits per heavy atom. The van der Waals surface area contributed by atoms with Crippen molar-refractivity contribution < 1.29 is 4.74 Å². The van der Waals surface area contributed by atoms with Crippen LogP contribution in [0.25, 0.3) is 10.9 Å². The largest absolute Gasteiger partial charge is 0.481 e. The van der Waals surface area contributed by atoms with Gasteiger partial charge in [0.15, 0.2) is 0 Å². The summed E-state index contributed by atoms with van der Waals surface area (Å²) in [6.45, 7) is 3.47. The van der Waals surface area contributed by atoms with Gasteiger partial charge in [0.05, 0.1) is 23.9 Å². The lowest BCUT2D eigenvalue weighted by atomic mass is 10.1. The molecule has 2 heterocycles. The molecule has 0 amide bonds. The molecule has 3 rings (SSSR count). The first kappa shape index (κ1) is 14.5. The van der Waals surface area contributed by atoms with Crippen molar-refractivity contribution in [1.82, 2.24) is 20.1 Å². The molecule has 114 valence electrons. The van der Waals surface area contributed by atoms with Gasteiger partial charge in [-0.25, -0.2) is 4.68 Å². The molecule has 1 N–H and O–H groups in total. The van der Waals surface area contributed by atoms with E-state index in [1.54, 1.807) is 11.8 Å². The molecule has 22 heavy (non-hydrogen) atoms. The number of benzene rings is 1. The predicted molar refractivity (Wildman–Crippen MR) is 86.8 cm³/mol. The summed E-state index contributed by atoms with van der Waals surface area (Å²) < 4.78 is 7.19. The van der Waals surface area contributed by atoms with Crippen molar-refractivity contribution >= 4 is 10.9 Å². The normalized spacial score (nSPS) is 11.0. The molecule has 0 aliphatic heterocycles. The van der Waals surface area contributed by atoms with Gasteiger partial charge in [-0.2, -0.15) is 5.10 Å². The van der Waals surface area contributed by atoms with E-state index >= 15 is 0 Å². The molecule has 0 saturated carbocycles. The summed E-state index contributed by atoms with van der Waals surface area (Å²) in [5, 5.41) is 9.03. The number of methoxy groups -OCH3 is 1. The fourth-order valence-electron chi connectivity index (χ4n) is 2.77. The fraction of sp³-hybridized carbons (Fsp3) is 0.294.